The zero-order chi connectivity index (χ0) is 8.55. The number of rotatable bonds is 1. The molecule has 1 aliphatic heterocycles. The molecule has 1 aromatic rings. The molecule has 0 bridgehead atoms. The first-order chi connectivity index (χ1) is 5.77. The molecule has 3 nitrogen and oxygen atoms in total. The van der Waals surface area contributed by atoms with E-state index in [1.54, 1.807) is 0 Å². The van der Waals surface area contributed by atoms with Crippen LogP contribution < -0.4 is 0 Å². The molecule has 2 rings (SSSR count). The van der Waals surface area contributed by atoms with Gasteiger partial charge in [0.15, 0.2) is 12.4 Å². The van der Waals surface area contributed by atoms with Gasteiger partial charge in [-0.1, -0.05) is 0 Å². The molecule has 0 fully saturated rings. The van der Waals surface area contributed by atoms with Gasteiger partial charge in [0.1, 0.15) is 5.76 Å². The molecule has 4 heteroatoms. The molecule has 0 radical (unpaired) electrons. The van der Waals surface area contributed by atoms with Crippen molar-refractivity contribution in [3.63, 3.8) is 0 Å². The monoisotopic (exact) mass is 168 g/mol. The molecule has 0 saturated heterocycles. The third-order valence-corrected chi connectivity index (χ3v) is 1.55. The Morgan fingerprint density at radius 2 is 2.33 bits per heavy atom. The summed E-state index contributed by atoms with van der Waals surface area (Å²) in [4.78, 5) is 10.7. The van der Waals surface area contributed by atoms with E-state index in [1.165, 1.54) is 18.4 Å². The maximum Gasteiger partial charge on any atom is 0.288 e. The summed E-state index contributed by atoms with van der Waals surface area (Å²) in [7, 11) is 0. The second-order valence-electron chi connectivity index (χ2n) is 2.37. The van der Waals surface area contributed by atoms with Crippen molar-refractivity contribution in [2.45, 2.75) is 0 Å². The first kappa shape index (κ1) is 7.09. The van der Waals surface area contributed by atoms with E-state index in [9.17, 15) is 9.18 Å². The number of halogens is 1. The van der Waals surface area contributed by atoms with Gasteiger partial charge in [-0.05, 0) is 6.07 Å². The normalized spacial score (nSPS) is 16.1. The lowest BCUT2D eigenvalue weighted by molar-refractivity contribution is -0.115. The molecule has 1 aliphatic rings. The molecule has 2 heterocycles. The van der Waals surface area contributed by atoms with Crippen LogP contribution in [0.4, 0.5) is 4.39 Å². The number of carbonyl (C=O) groups excluding carboxylic acids is 1. The van der Waals surface area contributed by atoms with E-state index in [1.807, 2.05) is 0 Å². The molecule has 0 aliphatic carbocycles. The van der Waals surface area contributed by atoms with Crippen molar-refractivity contribution in [3.05, 3.63) is 30.0 Å². The lowest BCUT2D eigenvalue weighted by atomic mass is 10.2. The summed E-state index contributed by atoms with van der Waals surface area (Å²) in [5, 5.41) is 0. The quantitative estimate of drug-likeness (QED) is 0.635. The highest BCUT2D eigenvalue weighted by atomic mass is 19.1. The van der Waals surface area contributed by atoms with Gasteiger partial charge >= 0.3 is 0 Å². The van der Waals surface area contributed by atoms with Crippen molar-refractivity contribution in [2.24, 2.45) is 0 Å². The van der Waals surface area contributed by atoms with Gasteiger partial charge in [-0.15, -0.1) is 0 Å². The Morgan fingerprint density at radius 1 is 1.50 bits per heavy atom. The first-order valence-electron chi connectivity index (χ1n) is 3.38. The fourth-order valence-electron chi connectivity index (χ4n) is 1.00. The zero-order valence-corrected chi connectivity index (χ0v) is 6.04. The van der Waals surface area contributed by atoms with Crippen LogP contribution in [0.5, 0.6) is 0 Å². The zero-order valence-electron chi connectivity index (χ0n) is 6.04. The summed E-state index contributed by atoms with van der Waals surface area (Å²) in [6, 6.07) is 0.690. The topological polar surface area (TPSA) is 39.4 Å². The minimum absolute atomic E-state index is 0.0139. The Bertz CT molecular complexity index is 351. The predicted octanol–water partition coefficient (Wildman–Crippen LogP) is 1.36. The van der Waals surface area contributed by atoms with Gasteiger partial charge in [-0.2, -0.15) is 4.39 Å². The summed E-state index contributed by atoms with van der Waals surface area (Å²) >= 11 is 0. The molecule has 0 atom stereocenters. The standard InChI is InChI=1S/C8H5FO3/c9-8-6(1-2-11-8)7-3-5(10)4-12-7/h1-3H,4H2. The molecular formula is C8H5FO3. The van der Waals surface area contributed by atoms with E-state index < -0.39 is 6.01 Å². The van der Waals surface area contributed by atoms with Crippen LogP contribution in [0.3, 0.4) is 0 Å². The average Bonchev–Trinajstić information content (AvgIpc) is 2.58. The largest absolute Gasteiger partial charge is 0.484 e. The predicted molar refractivity (Wildman–Crippen MR) is 37.6 cm³/mol. The molecule has 12 heavy (non-hydrogen) atoms. The number of hydrogen-bond donors (Lipinski definition) is 0. The highest BCUT2D eigenvalue weighted by Gasteiger charge is 2.19. The third-order valence-electron chi connectivity index (χ3n) is 1.55. The minimum Gasteiger partial charge on any atom is -0.484 e. The molecule has 0 saturated carbocycles. The number of furan rings is 1. The fourth-order valence-corrected chi connectivity index (χ4v) is 1.00. The van der Waals surface area contributed by atoms with E-state index in [0.29, 0.717) is 0 Å². The first-order valence-corrected chi connectivity index (χ1v) is 3.38. The van der Waals surface area contributed by atoms with Crippen LogP contribution in [0.25, 0.3) is 5.76 Å². The maximum absolute atomic E-state index is 12.7. The maximum atomic E-state index is 12.7. The van der Waals surface area contributed by atoms with Gasteiger partial charge in [0, 0.05) is 6.08 Å². The van der Waals surface area contributed by atoms with Gasteiger partial charge in [0.25, 0.3) is 6.01 Å². The summed E-state index contributed by atoms with van der Waals surface area (Å²) in [6.07, 6.45) is 2.46. The molecule has 1 aromatic heterocycles. The summed E-state index contributed by atoms with van der Waals surface area (Å²) < 4.78 is 22.0. The van der Waals surface area contributed by atoms with Crippen LogP contribution in [0.2, 0.25) is 0 Å². The number of hydrogen-bond acceptors (Lipinski definition) is 3. The van der Waals surface area contributed by atoms with Crippen molar-refractivity contribution in [3.8, 4) is 0 Å². The van der Waals surface area contributed by atoms with E-state index in [-0.39, 0.29) is 23.7 Å². The van der Waals surface area contributed by atoms with Gasteiger partial charge < -0.3 is 9.15 Å². The lowest BCUT2D eigenvalue weighted by Gasteiger charge is -1.97. The molecular weight excluding hydrogens is 163 g/mol. The molecule has 0 aromatic carbocycles. The highest BCUT2D eigenvalue weighted by Crippen LogP contribution is 2.23. The molecule has 0 N–H and O–H groups in total. The minimum atomic E-state index is -0.726. The Kier molecular flexibility index (Phi) is 1.46. The van der Waals surface area contributed by atoms with Gasteiger partial charge in [0.2, 0.25) is 0 Å². The average molecular weight is 168 g/mol. The van der Waals surface area contributed by atoms with Crippen LogP contribution in [0, 0.1) is 6.01 Å². The van der Waals surface area contributed by atoms with Crippen LogP contribution in [-0.2, 0) is 9.53 Å². The van der Waals surface area contributed by atoms with E-state index in [0.717, 1.165) is 0 Å². The van der Waals surface area contributed by atoms with E-state index in [2.05, 4.69) is 4.42 Å². The lowest BCUT2D eigenvalue weighted by Crippen LogP contribution is -1.93. The summed E-state index contributed by atoms with van der Waals surface area (Å²) in [6.45, 7) is -0.0139. The van der Waals surface area contributed by atoms with Crippen molar-refractivity contribution in [1.29, 1.82) is 0 Å². The number of ketones is 1. The third kappa shape index (κ3) is 1.01. The number of ether oxygens (including phenoxy) is 1. The van der Waals surface area contributed by atoms with E-state index in [4.69, 9.17) is 4.74 Å². The Balaban J connectivity index is 2.38. The van der Waals surface area contributed by atoms with Crippen LogP contribution in [-0.4, -0.2) is 12.4 Å². The van der Waals surface area contributed by atoms with Crippen LogP contribution in [0.15, 0.2) is 22.8 Å². The van der Waals surface area contributed by atoms with E-state index >= 15 is 0 Å². The second kappa shape index (κ2) is 2.48. The highest BCUT2D eigenvalue weighted by molar-refractivity contribution is 5.99. The SMILES string of the molecule is O=C1C=C(c2ccoc2F)OC1. The second-order valence-corrected chi connectivity index (χ2v) is 2.37. The Labute approximate surface area is 67.4 Å². The molecule has 0 amide bonds. The van der Waals surface area contributed by atoms with Crippen molar-refractivity contribution in [2.75, 3.05) is 6.61 Å². The summed E-state index contributed by atoms with van der Waals surface area (Å²) in [5.41, 5.74) is 0.195. The summed E-state index contributed by atoms with van der Waals surface area (Å²) in [5.74, 6) is 0.0804. The fraction of sp³-hybridized carbons (Fsp3) is 0.125. The van der Waals surface area contributed by atoms with Gasteiger partial charge in [0.05, 0.1) is 11.8 Å². The van der Waals surface area contributed by atoms with Crippen molar-refractivity contribution in [1.82, 2.24) is 0 Å². The Hall–Kier alpha value is -1.58. The van der Waals surface area contributed by atoms with Crippen LogP contribution in [0.1, 0.15) is 5.56 Å². The number of carbonyl (C=O) groups is 1. The van der Waals surface area contributed by atoms with Gasteiger partial charge in [-0.25, -0.2) is 0 Å². The smallest absolute Gasteiger partial charge is 0.288 e. The van der Waals surface area contributed by atoms with Gasteiger partial charge in [-0.3, -0.25) is 4.79 Å². The molecule has 62 valence electrons. The van der Waals surface area contributed by atoms with Crippen molar-refractivity contribution >= 4 is 11.5 Å². The molecule has 0 spiro atoms. The van der Waals surface area contributed by atoms with Crippen molar-refractivity contribution < 1.29 is 18.3 Å². The van der Waals surface area contributed by atoms with Crippen LogP contribution >= 0.6 is 0 Å². The Morgan fingerprint density at radius 3 is 2.83 bits per heavy atom. The molecule has 0 unspecified atom stereocenters.